The largest absolute Gasteiger partial charge is 0.290 e. The number of aryl methyl sites for hydroxylation is 1. The lowest BCUT2D eigenvalue weighted by molar-refractivity contribution is 0.0959. The van der Waals surface area contributed by atoms with Gasteiger partial charge in [-0.05, 0) is 12.8 Å². The highest BCUT2D eigenvalue weighted by molar-refractivity contribution is 7.10. The number of carbonyl (C=O) groups is 1. The van der Waals surface area contributed by atoms with Crippen LogP contribution in [0.5, 0.6) is 0 Å². The second kappa shape index (κ2) is 6.96. The van der Waals surface area contributed by atoms with Crippen LogP contribution in [0.15, 0.2) is 11.6 Å². The average Bonchev–Trinajstić information content (AvgIpc) is 3.05. The van der Waals surface area contributed by atoms with Crippen molar-refractivity contribution < 1.29 is 13.6 Å². The Hall–Kier alpha value is -2.14. The molecule has 2 rings (SSSR count). The van der Waals surface area contributed by atoms with Crippen molar-refractivity contribution in [2.24, 2.45) is 5.92 Å². The van der Waals surface area contributed by atoms with Crippen molar-refractivity contribution in [1.82, 2.24) is 14.8 Å². The number of ketones is 1. The van der Waals surface area contributed by atoms with Gasteiger partial charge in [-0.1, -0.05) is 13.8 Å². The SMILES string of the molecule is Cc1csc(C(C#N)C(=O)c2nn(CC(C)C)cc2C(F)F)n1. The van der Waals surface area contributed by atoms with Gasteiger partial charge in [0.05, 0.1) is 11.6 Å². The van der Waals surface area contributed by atoms with E-state index in [4.69, 9.17) is 0 Å². The van der Waals surface area contributed by atoms with Crippen LogP contribution in [-0.2, 0) is 6.54 Å². The Balaban J connectivity index is 2.40. The van der Waals surface area contributed by atoms with Gasteiger partial charge in [0.2, 0.25) is 5.78 Å². The van der Waals surface area contributed by atoms with Crippen LogP contribution in [0.25, 0.3) is 0 Å². The number of hydrogen-bond acceptors (Lipinski definition) is 5. The molecule has 8 heteroatoms. The fourth-order valence-electron chi connectivity index (χ4n) is 2.12. The summed E-state index contributed by atoms with van der Waals surface area (Å²) in [5, 5.41) is 15.3. The van der Waals surface area contributed by atoms with E-state index in [1.54, 1.807) is 12.3 Å². The molecule has 0 saturated heterocycles. The van der Waals surface area contributed by atoms with E-state index in [-0.39, 0.29) is 11.6 Å². The van der Waals surface area contributed by atoms with E-state index in [9.17, 15) is 18.8 Å². The minimum absolute atomic E-state index is 0.191. The van der Waals surface area contributed by atoms with E-state index < -0.39 is 23.7 Å². The van der Waals surface area contributed by atoms with Crippen LogP contribution in [0.2, 0.25) is 0 Å². The Bertz CT molecular complexity index is 745. The third kappa shape index (κ3) is 3.79. The highest BCUT2D eigenvalue weighted by Gasteiger charge is 2.31. The Morgan fingerprint density at radius 2 is 2.17 bits per heavy atom. The van der Waals surface area contributed by atoms with Gasteiger partial charge in [-0.2, -0.15) is 10.4 Å². The predicted molar refractivity (Wildman–Crippen MR) is 81.6 cm³/mol. The second-order valence-corrected chi connectivity index (χ2v) is 6.49. The zero-order valence-electron chi connectivity index (χ0n) is 13.0. The molecule has 0 N–H and O–H groups in total. The standard InChI is InChI=1S/C15H16F2N4OS/c1-8(2)5-21-6-11(14(16)17)12(20-21)13(22)10(4-18)15-19-9(3)7-23-15/h6-8,10,14H,5H2,1-3H3. The molecule has 2 aromatic rings. The summed E-state index contributed by atoms with van der Waals surface area (Å²) in [7, 11) is 0. The molecule has 0 saturated carbocycles. The quantitative estimate of drug-likeness (QED) is 0.752. The summed E-state index contributed by atoms with van der Waals surface area (Å²) >= 11 is 1.16. The van der Waals surface area contributed by atoms with Crippen LogP contribution in [0.3, 0.4) is 0 Å². The van der Waals surface area contributed by atoms with Crippen LogP contribution >= 0.6 is 11.3 Å². The first-order chi connectivity index (χ1) is 10.8. The third-order valence-electron chi connectivity index (χ3n) is 3.09. The molecule has 1 atom stereocenters. The molecule has 2 heterocycles. The fourth-order valence-corrected chi connectivity index (χ4v) is 2.96. The maximum Gasteiger partial charge on any atom is 0.267 e. The number of rotatable bonds is 6. The molecular formula is C15H16F2N4OS. The minimum atomic E-state index is -2.83. The molecular weight excluding hydrogens is 322 g/mol. The van der Waals surface area contributed by atoms with Crippen LogP contribution in [0.1, 0.15) is 52.9 Å². The molecule has 0 aromatic carbocycles. The number of Topliss-reactive ketones (excluding diaryl/α,β-unsaturated/α-hetero) is 1. The number of carbonyl (C=O) groups excluding carboxylic acids is 1. The second-order valence-electron chi connectivity index (χ2n) is 5.60. The van der Waals surface area contributed by atoms with E-state index in [2.05, 4.69) is 10.1 Å². The summed E-state index contributed by atoms with van der Waals surface area (Å²) in [5.41, 5.74) is -0.110. The number of hydrogen-bond donors (Lipinski definition) is 0. The number of nitriles is 1. The number of alkyl halides is 2. The van der Waals surface area contributed by atoms with Gasteiger partial charge in [0.15, 0.2) is 5.92 Å². The molecule has 23 heavy (non-hydrogen) atoms. The smallest absolute Gasteiger partial charge is 0.267 e. The molecule has 0 fully saturated rings. The van der Waals surface area contributed by atoms with Crippen molar-refractivity contribution in [1.29, 1.82) is 5.26 Å². The Kier molecular flexibility index (Phi) is 5.21. The van der Waals surface area contributed by atoms with E-state index in [1.165, 1.54) is 10.9 Å². The zero-order valence-corrected chi connectivity index (χ0v) is 13.8. The average molecular weight is 338 g/mol. The molecule has 0 aliphatic rings. The van der Waals surface area contributed by atoms with E-state index in [1.807, 2.05) is 19.9 Å². The summed E-state index contributed by atoms with van der Waals surface area (Å²) in [4.78, 5) is 16.7. The van der Waals surface area contributed by atoms with Crippen molar-refractivity contribution in [3.63, 3.8) is 0 Å². The molecule has 1 unspecified atom stereocenters. The molecule has 0 spiro atoms. The minimum Gasteiger partial charge on any atom is -0.290 e. The first-order valence-electron chi connectivity index (χ1n) is 7.04. The third-order valence-corrected chi connectivity index (χ3v) is 4.11. The van der Waals surface area contributed by atoms with Crippen molar-refractivity contribution >= 4 is 17.1 Å². The summed E-state index contributed by atoms with van der Waals surface area (Å²) < 4.78 is 27.8. The molecule has 0 bridgehead atoms. The van der Waals surface area contributed by atoms with E-state index in [0.717, 1.165) is 11.3 Å². The molecule has 2 aromatic heterocycles. The predicted octanol–water partition coefficient (Wildman–Crippen LogP) is 3.73. The van der Waals surface area contributed by atoms with Gasteiger partial charge in [-0.3, -0.25) is 9.48 Å². The van der Waals surface area contributed by atoms with Gasteiger partial charge in [0, 0.05) is 23.8 Å². The monoisotopic (exact) mass is 338 g/mol. The lowest BCUT2D eigenvalue weighted by Crippen LogP contribution is -2.15. The first kappa shape index (κ1) is 17.2. The Morgan fingerprint density at radius 1 is 1.48 bits per heavy atom. The molecule has 5 nitrogen and oxygen atoms in total. The molecule has 0 aliphatic carbocycles. The number of nitrogens with zero attached hydrogens (tertiary/aromatic N) is 4. The number of halogens is 2. The zero-order chi connectivity index (χ0) is 17.1. The van der Waals surface area contributed by atoms with Crippen LogP contribution in [0.4, 0.5) is 8.78 Å². The summed E-state index contributed by atoms with van der Waals surface area (Å²) in [6, 6.07) is 1.85. The summed E-state index contributed by atoms with van der Waals surface area (Å²) in [5.74, 6) is -1.76. The lowest BCUT2D eigenvalue weighted by Gasteiger charge is -2.05. The van der Waals surface area contributed by atoms with Gasteiger partial charge >= 0.3 is 0 Å². The number of thiazole rings is 1. The lowest BCUT2D eigenvalue weighted by atomic mass is 10.0. The molecule has 0 amide bonds. The summed E-state index contributed by atoms with van der Waals surface area (Å²) in [6.07, 6.45) is -1.65. The Morgan fingerprint density at radius 3 is 2.65 bits per heavy atom. The highest BCUT2D eigenvalue weighted by atomic mass is 32.1. The van der Waals surface area contributed by atoms with E-state index >= 15 is 0 Å². The first-order valence-corrected chi connectivity index (χ1v) is 7.92. The summed E-state index contributed by atoms with van der Waals surface area (Å²) in [6.45, 7) is 5.99. The van der Waals surface area contributed by atoms with E-state index in [0.29, 0.717) is 17.2 Å². The molecule has 0 aliphatic heterocycles. The molecule has 0 radical (unpaired) electrons. The van der Waals surface area contributed by atoms with Crippen molar-refractivity contribution in [3.05, 3.63) is 33.5 Å². The maximum absolute atomic E-state index is 13.2. The number of aromatic nitrogens is 3. The van der Waals surface area contributed by atoms with Crippen molar-refractivity contribution in [2.45, 2.75) is 39.7 Å². The van der Waals surface area contributed by atoms with Gasteiger partial charge in [0.1, 0.15) is 10.7 Å². The van der Waals surface area contributed by atoms with Crippen LogP contribution in [0, 0.1) is 24.2 Å². The Labute approximate surface area is 136 Å². The van der Waals surface area contributed by atoms with Crippen molar-refractivity contribution in [2.75, 3.05) is 0 Å². The van der Waals surface area contributed by atoms with Crippen LogP contribution < -0.4 is 0 Å². The van der Waals surface area contributed by atoms with Crippen molar-refractivity contribution in [3.8, 4) is 6.07 Å². The molecule has 122 valence electrons. The van der Waals surface area contributed by atoms with Crippen LogP contribution in [-0.4, -0.2) is 20.5 Å². The normalized spacial score (nSPS) is 12.6. The fraction of sp³-hybridized carbons (Fsp3) is 0.467. The van der Waals surface area contributed by atoms with Gasteiger partial charge < -0.3 is 0 Å². The maximum atomic E-state index is 13.2. The topological polar surface area (TPSA) is 71.6 Å². The van der Waals surface area contributed by atoms with Gasteiger partial charge in [0.25, 0.3) is 6.43 Å². The van der Waals surface area contributed by atoms with Gasteiger partial charge in [-0.15, -0.1) is 11.3 Å². The highest BCUT2D eigenvalue weighted by Crippen LogP contribution is 2.29. The van der Waals surface area contributed by atoms with Gasteiger partial charge in [-0.25, -0.2) is 13.8 Å².